The second-order valence-corrected chi connectivity index (χ2v) is 5.14. The van der Waals surface area contributed by atoms with Gasteiger partial charge < -0.3 is 20.6 Å². The van der Waals surface area contributed by atoms with Crippen molar-refractivity contribution in [1.82, 2.24) is 0 Å². The number of allylic oxidation sites excluding steroid dienone is 2. The summed E-state index contributed by atoms with van der Waals surface area (Å²) in [7, 11) is 0. The number of carbonyl (C=O) groups excluding carboxylic acids is 1. The first-order chi connectivity index (χ1) is 11.5. The molecule has 0 spiro atoms. The number of aromatic hydroxyl groups is 2. The number of aliphatic hydroxyl groups is 1. The molecule has 0 radical (unpaired) electrons. The van der Waals surface area contributed by atoms with Gasteiger partial charge in [-0.05, 0) is 54.6 Å². The van der Waals surface area contributed by atoms with Gasteiger partial charge in [0, 0.05) is 11.8 Å². The molecule has 1 aliphatic carbocycles. The third-order valence-electron chi connectivity index (χ3n) is 3.32. The standard InChI is InChI=1S/C18H14N2O4/c21-13-5-1-11(2-6-13)19-15-9-16(18(24)10-17(15)23)20-12-3-7-14(22)8-4-12/h1-10,19,21-22,24H/b20-16+. The van der Waals surface area contributed by atoms with E-state index in [1.807, 2.05) is 0 Å². The minimum absolute atomic E-state index is 0.114. The average molecular weight is 322 g/mol. The summed E-state index contributed by atoms with van der Waals surface area (Å²) in [5, 5.41) is 31.4. The number of anilines is 1. The van der Waals surface area contributed by atoms with Crippen LogP contribution in [-0.2, 0) is 4.79 Å². The van der Waals surface area contributed by atoms with Gasteiger partial charge in [-0.15, -0.1) is 0 Å². The molecule has 6 nitrogen and oxygen atoms in total. The fraction of sp³-hybridized carbons (Fsp3) is 0. The third-order valence-corrected chi connectivity index (χ3v) is 3.32. The molecule has 0 atom stereocenters. The monoisotopic (exact) mass is 322 g/mol. The maximum absolute atomic E-state index is 12.0. The lowest BCUT2D eigenvalue weighted by Crippen LogP contribution is -2.18. The predicted octanol–water partition coefficient (Wildman–Crippen LogP) is 3.19. The summed E-state index contributed by atoms with van der Waals surface area (Å²) in [6, 6.07) is 12.4. The van der Waals surface area contributed by atoms with E-state index in [2.05, 4.69) is 10.3 Å². The van der Waals surface area contributed by atoms with E-state index in [0.29, 0.717) is 11.4 Å². The molecule has 0 saturated carbocycles. The van der Waals surface area contributed by atoms with Crippen LogP contribution in [0.15, 0.2) is 77.1 Å². The van der Waals surface area contributed by atoms with E-state index in [0.717, 1.165) is 6.08 Å². The van der Waals surface area contributed by atoms with Crippen molar-refractivity contribution in [2.45, 2.75) is 0 Å². The van der Waals surface area contributed by atoms with Gasteiger partial charge in [-0.25, -0.2) is 4.99 Å². The smallest absolute Gasteiger partial charge is 0.205 e. The molecule has 24 heavy (non-hydrogen) atoms. The van der Waals surface area contributed by atoms with E-state index in [9.17, 15) is 20.1 Å². The van der Waals surface area contributed by atoms with E-state index < -0.39 is 0 Å². The summed E-state index contributed by atoms with van der Waals surface area (Å²) >= 11 is 0. The molecule has 4 N–H and O–H groups in total. The van der Waals surface area contributed by atoms with Gasteiger partial charge in [-0.1, -0.05) is 0 Å². The topological polar surface area (TPSA) is 102 Å². The molecule has 6 heteroatoms. The summed E-state index contributed by atoms with van der Waals surface area (Å²) in [4.78, 5) is 16.3. The molecule has 0 heterocycles. The Morgan fingerprint density at radius 1 is 0.792 bits per heavy atom. The van der Waals surface area contributed by atoms with E-state index in [4.69, 9.17) is 0 Å². The Bertz CT molecular complexity index is 863. The zero-order chi connectivity index (χ0) is 17.1. The van der Waals surface area contributed by atoms with Gasteiger partial charge in [-0.2, -0.15) is 0 Å². The number of aliphatic imine (C=N–C) groups is 1. The number of phenols is 2. The number of aliphatic hydroxyl groups excluding tert-OH is 1. The molecular formula is C18H14N2O4. The minimum atomic E-state index is -0.384. The maximum atomic E-state index is 12.0. The number of benzene rings is 2. The highest BCUT2D eigenvalue weighted by Gasteiger charge is 2.18. The lowest BCUT2D eigenvalue weighted by molar-refractivity contribution is -0.111. The van der Waals surface area contributed by atoms with Crippen molar-refractivity contribution in [2.24, 2.45) is 4.99 Å². The van der Waals surface area contributed by atoms with Crippen molar-refractivity contribution < 1.29 is 20.1 Å². The van der Waals surface area contributed by atoms with Crippen molar-refractivity contribution in [1.29, 1.82) is 0 Å². The number of ketones is 1. The Morgan fingerprint density at radius 3 is 2.00 bits per heavy atom. The highest BCUT2D eigenvalue weighted by atomic mass is 16.3. The fourth-order valence-electron chi connectivity index (χ4n) is 2.11. The van der Waals surface area contributed by atoms with E-state index in [-0.39, 0.29) is 34.5 Å². The van der Waals surface area contributed by atoms with Crippen LogP contribution < -0.4 is 5.32 Å². The van der Waals surface area contributed by atoms with Gasteiger partial charge >= 0.3 is 0 Å². The average Bonchev–Trinajstić information content (AvgIpc) is 2.56. The number of rotatable bonds is 3. The van der Waals surface area contributed by atoms with Crippen LogP contribution in [-0.4, -0.2) is 26.8 Å². The zero-order valence-electron chi connectivity index (χ0n) is 12.5. The molecule has 1 aliphatic rings. The molecule has 3 rings (SSSR count). The third kappa shape index (κ3) is 3.44. The Labute approximate surface area is 137 Å². The Morgan fingerprint density at radius 2 is 1.38 bits per heavy atom. The van der Waals surface area contributed by atoms with Crippen molar-refractivity contribution >= 4 is 22.9 Å². The number of hydrogen-bond donors (Lipinski definition) is 4. The number of carbonyl (C=O) groups is 1. The number of nitrogens with zero attached hydrogens (tertiary/aromatic N) is 1. The highest BCUT2D eigenvalue weighted by molar-refractivity contribution is 6.22. The Hall–Kier alpha value is -3.54. The van der Waals surface area contributed by atoms with Crippen molar-refractivity contribution in [3.8, 4) is 11.5 Å². The molecule has 0 aliphatic heterocycles. The number of hydrogen-bond acceptors (Lipinski definition) is 6. The van der Waals surface area contributed by atoms with Crippen LogP contribution in [0.4, 0.5) is 11.4 Å². The lowest BCUT2D eigenvalue weighted by Gasteiger charge is -2.14. The predicted molar refractivity (Wildman–Crippen MR) is 90.7 cm³/mol. The van der Waals surface area contributed by atoms with Gasteiger partial charge in [-0.3, -0.25) is 4.79 Å². The molecule has 2 aromatic rings. The normalized spacial score (nSPS) is 15.8. The first kappa shape index (κ1) is 15.4. The molecule has 120 valence electrons. The second kappa shape index (κ2) is 6.29. The van der Waals surface area contributed by atoms with Crippen molar-refractivity contribution in [3.05, 3.63) is 72.1 Å². The van der Waals surface area contributed by atoms with Gasteiger partial charge in [0.2, 0.25) is 5.78 Å². The summed E-state index contributed by atoms with van der Waals surface area (Å²) < 4.78 is 0. The van der Waals surface area contributed by atoms with E-state index in [1.165, 1.54) is 30.3 Å². The molecule has 0 aromatic heterocycles. The summed E-state index contributed by atoms with van der Waals surface area (Å²) in [5.41, 5.74) is 1.61. The molecule has 2 aromatic carbocycles. The van der Waals surface area contributed by atoms with Crippen LogP contribution in [0.2, 0.25) is 0 Å². The largest absolute Gasteiger partial charge is 0.508 e. The zero-order valence-corrected chi connectivity index (χ0v) is 12.5. The highest BCUT2D eigenvalue weighted by Crippen LogP contribution is 2.22. The summed E-state index contributed by atoms with van der Waals surface area (Å²) in [6.07, 6.45) is 2.53. The number of phenolic OH excluding ortho intramolecular Hbond substituents is 2. The fourth-order valence-corrected chi connectivity index (χ4v) is 2.11. The van der Waals surface area contributed by atoms with Crippen molar-refractivity contribution in [2.75, 3.05) is 5.32 Å². The second-order valence-electron chi connectivity index (χ2n) is 5.14. The van der Waals surface area contributed by atoms with Gasteiger partial charge in [0.05, 0.1) is 11.4 Å². The van der Waals surface area contributed by atoms with Crippen LogP contribution in [0.5, 0.6) is 11.5 Å². The van der Waals surface area contributed by atoms with Crippen molar-refractivity contribution in [3.63, 3.8) is 0 Å². The summed E-state index contributed by atoms with van der Waals surface area (Å²) in [6.45, 7) is 0. The molecule has 0 amide bonds. The minimum Gasteiger partial charge on any atom is -0.508 e. The van der Waals surface area contributed by atoms with Crippen LogP contribution in [0.3, 0.4) is 0 Å². The quantitative estimate of drug-likeness (QED) is 0.513. The van der Waals surface area contributed by atoms with E-state index in [1.54, 1.807) is 24.3 Å². The maximum Gasteiger partial charge on any atom is 0.205 e. The molecule has 0 bridgehead atoms. The Balaban J connectivity index is 1.90. The molecule has 0 saturated heterocycles. The van der Waals surface area contributed by atoms with Crippen LogP contribution in [0.1, 0.15) is 0 Å². The van der Waals surface area contributed by atoms with Crippen LogP contribution in [0.25, 0.3) is 0 Å². The first-order valence-electron chi connectivity index (χ1n) is 7.12. The van der Waals surface area contributed by atoms with Crippen LogP contribution in [0, 0.1) is 0 Å². The lowest BCUT2D eigenvalue weighted by atomic mass is 10.1. The van der Waals surface area contributed by atoms with Crippen LogP contribution >= 0.6 is 0 Å². The van der Waals surface area contributed by atoms with E-state index >= 15 is 0 Å². The molecule has 0 fully saturated rings. The van der Waals surface area contributed by atoms with Gasteiger partial charge in [0.15, 0.2) is 0 Å². The van der Waals surface area contributed by atoms with Gasteiger partial charge in [0.25, 0.3) is 0 Å². The van der Waals surface area contributed by atoms with Gasteiger partial charge in [0.1, 0.15) is 23.0 Å². The molecule has 0 unspecified atom stereocenters. The first-order valence-corrected chi connectivity index (χ1v) is 7.12. The number of nitrogens with one attached hydrogen (secondary N) is 1. The SMILES string of the molecule is O=C1C=C(O)/C(=N/c2ccc(O)cc2)C=C1Nc1ccc(O)cc1. The summed E-state index contributed by atoms with van der Waals surface area (Å²) in [5.74, 6) is -0.381. The Kier molecular flexibility index (Phi) is 4.03. The molecular weight excluding hydrogens is 308 g/mol.